The summed E-state index contributed by atoms with van der Waals surface area (Å²) in [5.41, 5.74) is 4.23. The van der Waals surface area contributed by atoms with Gasteiger partial charge in [0.15, 0.2) is 0 Å². The molecule has 1 atom stereocenters. The average molecular weight is 433 g/mol. The fraction of sp³-hybridized carbons (Fsp3) is 0.250. The second-order valence-electron chi connectivity index (χ2n) is 7.75. The quantitative estimate of drug-likeness (QED) is 0.456. The molecule has 0 saturated heterocycles. The van der Waals surface area contributed by atoms with Crippen molar-refractivity contribution in [2.24, 2.45) is 0 Å². The van der Waals surface area contributed by atoms with E-state index in [1.54, 1.807) is 23.0 Å². The number of pyridine rings is 1. The number of hydrogen-bond donors (Lipinski definition) is 1. The van der Waals surface area contributed by atoms with E-state index in [-0.39, 0.29) is 17.8 Å². The van der Waals surface area contributed by atoms with Crippen LogP contribution in [0.1, 0.15) is 24.9 Å². The van der Waals surface area contributed by atoms with E-state index in [9.17, 15) is 9.18 Å². The van der Waals surface area contributed by atoms with Crippen LogP contribution >= 0.6 is 0 Å². The smallest absolute Gasteiger partial charge is 0.222 e. The first-order chi connectivity index (χ1) is 15.5. The highest BCUT2D eigenvalue weighted by molar-refractivity contribution is 5.76. The van der Waals surface area contributed by atoms with E-state index < -0.39 is 0 Å². The number of nitrogens with one attached hydrogen (secondary N) is 1. The molecule has 4 aromatic rings. The topological polar surface area (TPSA) is 77.6 Å². The maximum Gasteiger partial charge on any atom is 0.222 e. The summed E-state index contributed by atoms with van der Waals surface area (Å²) in [5, 5.41) is 11.8. The van der Waals surface area contributed by atoms with E-state index in [2.05, 4.69) is 15.4 Å². The van der Waals surface area contributed by atoms with Crippen LogP contribution in [0.25, 0.3) is 22.6 Å². The molecule has 4 rings (SSSR count). The highest BCUT2D eigenvalue weighted by Crippen LogP contribution is 2.25. The van der Waals surface area contributed by atoms with Gasteiger partial charge in [-0.2, -0.15) is 10.2 Å². The molecule has 1 N–H and O–H groups in total. The normalized spacial score (nSPS) is 12.0. The van der Waals surface area contributed by atoms with E-state index in [0.29, 0.717) is 19.5 Å². The van der Waals surface area contributed by atoms with Crippen LogP contribution in [-0.4, -0.2) is 37.0 Å². The molecule has 0 bridgehead atoms. The van der Waals surface area contributed by atoms with Gasteiger partial charge < -0.3 is 5.32 Å². The monoisotopic (exact) mass is 432 g/mol. The van der Waals surface area contributed by atoms with E-state index in [1.165, 1.54) is 12.1 Å². The molecular formula is C24H25FN6O. The summed E-state index contributed by atoms with van der Waals surface area (Å²) in [6.45, 7) is 4.84. The van der Waals surface area contributed by atoms with Gasteiger partial charge in [0, 0.05) is 37.1 Å². The Hall–Kier alpha value is -3.81. The van der Waals surface area contributed by atoms with Crippen LogP contribution in [0.15, 0.2) is 67.1 Å². The number of hydrogen-bond acceptors (Lipinski definition) is 4. The standard InChI is InChI=1S/C24H25FN6O/c1-17-4-9-21(27-16-17)23-15-22(19-5-7-20(25)8-6-19)29-31(23)13-11-26-24(32)14-18(2)30-12-3-10-28-30/h3-10,12,15-16,18H,11,13-14H2,1-2H3,(H,26,32)/t18-/m0/s1. The van der Waals surface area contributed by atoms with Crippen LogP contribution in [0.3, 0.4) is 0 Å². The zero-order chi connectivity index (χ0) is 22.5. The van der Waals surface area contributed by atoms with E-state index in [0.717, 1.165) is 28.2 Å². The van der Waals surface area contributed by atoms with Crippen molar-refractivity contribution in [1.82, 2.24) is 29.9 Å². The number of aryl methyl sites for hydroxylation is 1. The van der Waals surface area contributed by atoms with Crippen molar-refractivity contribution in [3.05, 3.63) is 78.5 Å². The molecule has 0 fully saturated rings. The summed E-state index contributed by atoms with van der Waals surface area (Å²) < 4.78 is 16.9. The van der Waals surface area contributed by atoms with E-state index >= 15 is 0 Å². The Morgan fingerprint density at radius 2 is 1.97 bits per heavy atom. The Morgan fingerprint density at radius 1 is 1.16 bits per heavy atom. The first-order valence-corrected chi connectivity index (χ1v) is 10.5. The van der Waals surface area contributed by atoms with E-state index in [1.807, 2.05) is 55.2 Å². The number of halogens is 1. The summed E-state index contributed by atoms with van der Waals surface area (Å²) in [6.07, 6.45) is 5.70. The lowest BCUT2D eigenvalue weighted by molar-refractivity contribution is -0.121. The summed E-state index contributed by atoms with van der Waals surface area (Å²) >= 11 is 0. The number of benzene rings is 1. The molecule has 0 saturated carbocycles. The largest absolute Gasteiger partial charge is 0.354 e. The molecule has 7 nitrogen and oxygen atoms in total. The minimum absolute atomic E-state index is 0.0212. The molecule has 3 heterocycles. The summed E-state index contributed by atoms with van der Waals surface area (Å²) in [6, 6.07) is 13.9. The minimum atomic E-state index is -0.291. The lowest BCUT2D eigenvalue weighted by atomic mass is 10.1. The fourth-order valence-electron chi connectivity index (χ4n) is 3.45. The van der Waals surface area contributed by atoms with Crippen molar-refractivity contribution >= 4 is 5.91 Å². The van der Waals surface area contributed by atoms with Crippen LogP contribution in [0.2, 0.25) is 0 Å². The van der Waals surface area contributed by atoms with Crippen LogP contribution < -0.4 is 5.32 Å². The molecule has 0 unspecified atom stereocenters. The third-order valence-electron chi connectivity index (χ3n) is 5.20. The molecule has 164 valence electrons. The van der Waals surface area contributed by atoms with Crippen molar-refractivity contribution in [1.29, 1.82) is 0 Å². The third-order valence-corrected chi connectivity index (χ3v) is 5.20. The number of amides is 1. The molecule has 8 heteroatoms. The molecule has 1 amide bonds. The predicted molar refractivity (Wildman–Crippen MR) is 120 cm³/mol. The van der Waals surface area contributed by atoms with Crippen molar-refractivity contribution in [3.8, 4) is 22.6 Å². The third kappa shape index (κ3) is 5.08. The zero-order valence-electron chi connectivity index (χ0n) is 18.1. The number of carbonyl (C=O) groups is 1. The minimum Gasteiger partial charge on any atom is -0.354 e. The summed E-state index contributed by atoms with van der Waals surface area (Å²) in [4.78, 5) is 16.9. The van der Waals surface area contributed by atoms with Gasteiger partial charge in [0.05, 0.1) is 29.7 Å². The van der Waals surface area contributed by atoms with Crippen molar-refractivity contribution in [2.75, 3.05) is 6.54 Å². The maximum atomic E-state index is 13.3. The maximum absolute atomic E-state index is 13.3. The van der Waals surface area contributed by atoms with Gasteiger partial charge >= 0.3 is 0 Å². The Kier molecular flexibility index (Phi) is 6.39. The number of carbonyl (C=O) groups excluding carboxylic acids is 1. The molecule has 0 radical (unpaired) electrons. The lowest BCUT2D eigenvalue weighted by Crippen LogP contribution is -2.29. The predicted octanol–water partition coefficient (Wildman–Crippen LogP) is 4.02. The first-order valence-electron chi connectivity index (χ1n) is 10.5. The first kappa shape index (κ1) is 21.4. The molecule has 0 spiro atoms. The highest BCUT2D eigenvalue weighted by atomic mass is 19.1. The summed E-state index contributed by atoms with van der Waals surface area (Å²) in [5.74, 6) is -0.338. The van der Waals surface area contributed by atoms with Gasteiger partial charge in [-0.05, 0) is 61.9 Å². The van der Waals surface area contributed by atoms with Gasteiger partial charge in [-0.3, -0.25) is 19.1 Å². The Labute approximate surface area is 185 Å². The molecule has 0 aliphatic carbocycles. The van der Waals surface area contributed by atoms with Crippen LogP contribution in [-0.2, 0) is 11.3 Å². The SMILES string of the molecule is Cc1ccc(-c2cc(-c3ccc(F)cc3)nn2CCNC(=O)C[C@H](C)n2cccn2)nc1. The molecular weight excluding hydrogens is 407 g/mol. The number of aromatic nitrogens is 5. The number of nitrogens with zero attached hydrogens (tertiary/aromatic N) is 5. The molecule has 32 heavy (non-hydrogen) atoms. The molecule has 0 aliphatic rings. The van der Waals surface area contributed by atoms with Crippen molar-refractivity contribution < 1.29 is 9.18 Å². The molecule has 0 aliphatic heterocycles. The second-order valence-corrected chi connectivity index (χ2v) is 7.75. The van der Waals surface area contributed by atoms with Gasteiger partial charge in [0.25, 0.3) is 0 Å². The summed E-state index contributed by atoms with van der Waals surface area (Å²) in [7, 11) is 0. The molecule has 1 aromatic carbocycles. The zero-order valence-corrected chi connectivity index (χ0v) is 18.1. The van der Waals surface area contributed by atoms with E-state index in [4.69, 9.17) is 5.10 Å². The highest BCUT2D eigenvalue weighted by Gasteiger charge is 2.14. The fourth-order valence-corrected chi connectivity index (χ4v) is 3.45. The van der Waals surface area contributed by atoms with Gasteiger partial charge in [-0.25, -0.2) is 4.39 Å². The molecule has 3 aromatic heterocycles. The Balaban J connectivity index is 1.48. The van der Waals surface area contributed by atoms with Crippen molar-refractivity contribution in [3.63, 3.8) is 0 Å². The number of rotatable bonds is 8. The van der Waals surface area contributed by atoms with Crippen LogP contribution in [0.5, 0.6) is 0 Å². The lowest BCUT2D eigenvalue weighted by Gasteiger charge is -2.13. The van der Waals surface area contributed by atoms with Crippen molar-refractivity contribution in [2.45, 2.75) is 32.9 Å². The Bertz CT molecular complexity index is 1170. The van der Waals surface area contributed by atoms with Gasteiger partial charge in [-0.15, -0.1) is 0 Å². The van der Waals surface area contributed by atoms with Gasteiger partial charge in [0.2, 0.25) is 5.91 Å². The van der Waals surface area contributed by atoms with Crippen LogP contribution in [0.4, 0.5) is 4.39 Å². The average Bonchev–Trinajstić information content (AvgIpc) is 3.45. The van der Waals surface area contributed by atoms with Crippen LogP contribution in [0, 0.1) is 12.7 Å². The second kappa shape index (κ2) is 9.55. The Morgan fingerprint density at radius 3 is 2.66 bits per heavy atom. The van der Waals surface area contributed by atoms with Gasteiger partial charge in [0.1, 0.15) is 5.82 Å². The van der Waals surface area contributed by atoms with Gasteiger partial charge in [-0.1, -0.05) is 6.07 Å².